The van der Waals surface area contributed by atoms with Crippen molar-refractivity contribution in [1.29, 1.82) is 5.26 Å². The van der Waals surface area contributed by atoms with Crippen LogP contribution in [0, 0.1) is 11.3 Å². The monoisotopic (exact) mass is 215 g/mol. The van der Waals surface area contributed by atoms with E-state index < -0.39 is 0 Å². The molecule has 0 radical (unpaired) electrons. The van der Waals surface area contributed by atoms with Gasteiger partial charge >= 0.3 is 0 Å². The van der Waals surface area contributed by atoms with Crippen LogP contribution < -0.4 is 0 Å². The first-order valence-electron chi connectivity index (χ1n) is 4.53. The molecule has 2 aromatic rings. The van der Waals surface area contributed by atoms with Crippen LogP contribution in [0.4, 0.5) is 0 Å². The molecule has 15 heavy (non-hydrogen) atoms. The Morgan fingerprint density at radius 2 is 1.87 bits per heavy atom. The zero-order valence-electron chi connectivity index (χ0n) is 7.97. The molecule has 0 saturated heterocycles. The maximum absolute atomic E-state index is 9.65. The molecule has 2 nitrogen and oxygen atoms in total. The molecule has 0 aromatic heterocycles. The standard InChI is InChI=1S/C12H9NOS/c13-7-8-15-12-6-5-11(14)9-3-1-2-4-10(9)12/h1-6,14H,8H2. The third kappa shape index (κ3) is 1.90. The molecule has 74 valence electrons. The Labute approximate surface area is 92.2 Å². The van der Waals surface area contributed by atoms with Crippen molar-refractivity contribution >= 4 is 22.5 Å². The first-order chi connectivity index (χ1) is 7.33. The topological polar surface area (TPSA) is 44.0 Å². The van der Waals surface area contributed by atoms with Crippen molar-refractivity contribution in [1.82, 2.24) is 0 Å². The second-order valence-corrected chi connectivity index (χ2v) is 4.09. The van der Waals surface area contributed by atoms with Gasteiger partial charge in [0, 0.05) is 10.3 Å². The van der Waals surface area contributed by atoms with Gasteiger partial charge in [-0.25, -0.2) is 0 Å². The third-order valence-corrected chi connectivity index (χ3v) is 3.09. The fourth-order valence-corrected chi connectivity index (χ4v) is 2.21. The summed E-state index contributed by atoms with van der Waals surface area (Å²) in [7, 11) is 0. The van der Waals surface area contributed by atoms with Crippen LogP contribution >= 0.6 is 11.8 Å². The van der Waals surface area contributed by atoms with Crippen LogP contribution in [0.15, 0.2) is 41.3 Å². The maximum Gasteiger partial charge on any atom is 0.123 e. The summed E-state index contributed by atoms with van der Waals surface area (Å²) in [6.07, 6.45) is 0. The third-order valence-electron chi connectivity index (χ3n) is 2.15. The Hall–Kier alpha value is -1.66. The van der Waals surface area contributed by atoms with Crippen molar-refractivity contribution in [3.05, 3.63) is 36.4 Å². The van der Waals surface area contributed by atoms with E-state index in [1.807, 2.05) is 30.3 Å². The van der Waals surface area contributed by atoms with Crippen LogP contribution in [-0.4, -0.2) is 10.9 Å². The van der Waals surface area contributed by atoms with Crippen molar-refractivity contribution in [2.75, 3.05) is 5.75 Å². The minimum Gasteiger partial charge on any atom is -0.507 e. The van der Waals surface area contributed by atoms with Crippen LogP contribution in [-0.2, 0) is 0 Å². The number of phenols is 1. The van der Waals surface area contributed by atoms with Crippen LogP contribution in [0.25, 0.3) is 10.8 Å². The molecule has 0 heterocycles. The molecule has 0 unspecified atom stereocenters. The molecule has 0 amide bonds. The number of hydrogen-bond donors (Lipinski definition) is 1. The van der Waals surface area contributed by atoms with Gasteiger partial charge in [-0.3, -0.25) is 0 Å². The number of hydrogen-bond acceptors (Lipinski definition) is 3. The second-order valence-electron chi connectivity index (χ2n) is 3.08. The Kier molecular flexibility index (Phi) is 2.79. The summed E-state index contributed by atoms with van der Waals surface area (Å²) in [5.74, 6) is 0.710. The lowest BCUT2D eigenvalue weighted by Crippen LogP contribution is -1.79. The zero-order valence-corrected chi connectivity index (χ0v) is 8.79. The van der Waals surface area contributed by atoms with Gasteiger partial charge < -0.3 is 5.11 Å². The van der Waals surface area contributed by atoms with Gasteiger partial charge in [0.1, 0.15) is 5.75 Å². The summed E-state index contributed by atoms with van der Waals surface area (Å²) < 4.78 is 0. The summed E-state index contributed by atoms with van der Waals surface area (Å²) in [4.78, 5) is 1.03. The van der Waals surface area contributed by atoms with E-state index in [2.05, 4.69) is 6.07 Å². The van der Waals surface area contributed by atoms with E-state index in [0.29, 0.717) is 5.75 Å². The van der Waals surface area contributed by atoms with Crippen LogP contribution in [0.1, 0.15) is 0 Å². The Morgan fingerprint density at radius 3 is 2.60 bits per heavy atom. The van der Waals surface area contributed by atoms with Crippen molar-refractivity contribution in [2.45, 2.75) is 4.90 Å². The van der Waals surface area contributed by atoms with Gasteiger partial charge in [-0.1, -0.05) is 24.3 Å². The van der Waals surface area contributed by atoms with Gasteiger partial charge in [0.15, 0.2) is 0 Å². The van der Waals surface area contributed by atoms with E-state index in [4.69, 9.17) is 5.26 Å². The number of nitrogens with zero attached hydrogens (tertiary/aromatic N) is 1. The summed E-state index contributed by atoms with van der Waals surface area (Å²) in [6.45, 7) is 0. The molecule has 0 saturated carbocycles. The van der Waals surface area contributed by atoms with Crippen LogP contribution in [0.2, 0.25) is 0 Å². The van der Waals surface area contributed by atoms with E-state index in [0.717, 1.165) is 15.7 Å². The number of phenolic OH excluding ortho intramolecular Hbond substituents is 1. The van der Waals surface area contributed by atoms with Crippen molar-refractivity contribution < 1.29 is 5.11 Å². The normalized spacial score (nSPS) is 10.1. The number of thioether (sulfide) groups is 1. The largest absolute Gasteiger partial charge is 0.507 e. The second kappa shape index (κ2) is 4.24. The number of aromatic hydroxyl groups is 1. The van der Waals surface area contributed by atoms with E-state index in [9.17, 15) is 5.11 Å². The van der Waals surface area contributed by atoms with Crippen LogP contribution in [0.3, 0.4) is 0 Å². The average molecular weight is 215 g/mol. The van der Waals surface area contributed by atoms with Gasteiger partial charge in [0.25, 0.3) is 0 Å². The molecule has 2 rings (SSSR count). The number of fused-ring (bicyclic) bond motifs is 1. The van der Waals surface area contributed by atoms with Crippen molar-refractivity contribution in [3.8, 4) is 11.8 Å². The summed E-state index contributed by atoms with van der Waals surface area (Å²) in [6, 6.07) is 13.3. The highest BCUT2D eigenvalue weighted by atomic mass is 32.2. The van der Waals surface area contributed by atoms with E-state index in [1.165, 1.54) is 11.8 Å². The van der Waals surface area contributed by atoms with E-state index >= 15 is 0 Å². The van der Waals surface area contributed by atoms with Gasteiger partial charge in [-0.05, 0) is 17.5 Å². The first kappa shape index (κ1) is 9.88. The molecule has 0 aliphatic carbocycles. The molecule has 1 N–H and O–H groups in total. The highest BCUT2D eigenvalue weighted by molar-refractivity contribution is 7.99. The molecule has 0 aliphatic rings. The van der Waals surface area contributed by atoms with Gasteiger partial charge in [-0.2, -0.15) is 5.26 Å². The summed E-state index contributed by atoms with van der Waals surface area (Å²) in [5.41, 5.74) is 0. The quantitative estimate of drug-likeness (QED) is 0.782. The molecule has 0 fully saturated rings. The number of rotatable bonds is 2. The highest BCUT2D eigenvalue weighted by Crippen LogP contribution is 2.32. The molecule has 0 bridgehead atoms. The van der Waals surface area contributed by atoms with Gasteiger partial charge in [-0.15, -0.1) is 11.8 Å². The molecular weight excluding hydrogens is 206 g/mol. The lowest BCUT2D eigenvalue weighted by Gasteiger charge is -2.05. The minimum atomic E-state index is 0.284. The molecule has 2 aromatic carbocycles. The molecule has 3 heteroatoms. The zero-order chi connectivity index (χ0) is 10.7. The molecule has 0 atom stereocenters. The van der Waals surface area contributed by atoms with E-state index in [1.54, 1.807) is 6.07 Å². The predicted molar refractivity (Wildman–Crippen MR) is 61.9 cm³/mol. The average Bonchev–Trinajstić information content (AvgIpc) is 2.29. The number of benzene rings is 2. The molecular formula is C12H9NOS. The van der Waals surface area contributed by atoms with Crippen molar-refractivity contribution in [3.63, 3.8) is 0 Å². The summed E-state index contributed by atoms with van der Waals surface area (Å²) in [5, 5.41) is 20.0. The Balaban J connectivity index is 2.57. The lowest BCUT2D eigenvalue weighted by atomic mass is 10.1. The van der Waals surface area contributed by atoms with Gasteiger partial charge in [0.2, 0.25) is 0 Å². The Morgan fingerprint density at radius 1 is 1.13 bits per heavy atom. The lowest BCUT2D eigenvalue weighted by molar-refractivity contribution is 0.481. The fourth-order valence-electron chi connectivity index (χ4n) is 1.49. The summed E-state index contributed by atoms with van der Waals surface area (Å²) >= 11 is 1.49. The fraction of sp³-hybridized carbons (Fsp3) is 0.0833. The molecule has 0 spiro atoms. The SMILES string of the molecule is N#CCSc1ccc(O)c2ccccc12. The van der Waals surface area contributed by atoms with Crippen molar-refractivity contribution in [2.24, 2.45) is 0 Å². The highest BCUT2D eigenvalue weighted by Gasteiger charge is 2.04. The number of nitriles is 1. The van der Waals surface area contributed by atoms with Crippen LogP contribution in [0.5, 0.6) is 5.75 Å². The maximum atomic E-state index is 9.65. The van der Waals surface area contributed by atoms with E-state index in [-0.39, 0.29) is 5.75 Å². The molecule has 0 aliphatic heterocycles. The first-order valence-corrected chi connectivity index (χ1v) is 5.52. The smallest absolute Gasteiger partial charge is 0.123 e. The van der Waals surface area contributed by atoms with Gasteiger partial charge in [0.05, 0.1) is 11.8 Å². The minimum absolute atomic E-state index is 0.284. The Bertz CT molecular complexity index is 531. The predicted octanol–water partition coefficient (Wildman–Crippen LogP) is 3.16.